The maximum atomic E-state index is 12.3. The molecule has 0 aromatic heterocycles. The van der Waals surface area contributed by atoms with Gasteiger partial charge in [0, 0.05) is 32.6 Å². The molecule has 0 radical (unpaired) electrons. The van der Waals surface area contributed by atoms with Crippen LogP contribution in [0, 0.1) is 0 Å². The Morgan fingerprint density at radius 3 is 2.75 bits per heavy atom. The summed E-state index contributed by atoms with van der Waals surface area (Å²) in [4.78, 5) is 32.1. The van der Waals surface area contributed by atoms with Crippen molar-refractivity contribution in [1.29, 1.82) is 0 Å². The number of unbranched alkanes of at least 4 members (excludes halogenated alkanes) is 3. The van der Waals surface area contributed by atoms with Gasteiger partial charge in [0.1, 0.15) is 12.3 Å². The largest absolute Gasteiger partial charge is 0.494 e. The first-order valence-corrected chi connectivity index (χ1v) is 11.3. The maximum Gasteiger partial charge on any atom is 0.246 e. The van der Waals surface area contributed by atoms with Crippen molar-refractivity contribution in [3.63, 3.8) is 0 Å². The van der Waals surface area contributed by atoms with E-state index < -0.39 is 0 Å². The number of guanidine groups is 1. The van der Waals surface area contributed by atoms with Crippen LogP contribution in [0.1, 0.15) is 43.2 Å². The summed E-state index contributed by atoms with van der Waals surface area (Å²) in [6, 6.07) is 16.0. The first-order valence-electron chi connectivity index (χ1n) is 11.3. The molecule has 168 valence electrons. The van der Waals surface area contributed by atoms with Crippen LogP contribution in [0.2, 0.25) is 0 Å². The SMILES string of the molecule is CN(Cc1ccccc1)C(=O)CCCCCCOc1ccc2c(c1)N=C1NC(=O)CN1C2. The third-order valence-corrected chi connectivity index (χ3v) is 5.77. The van der Waals surface area contributed by atoms with Gasteiger partial charge in [-0.3, -0.25) is 14.9 Å². The molecule has 1 fully saturated rings. The molecule has 1 saturated heterocycles. The van der Waals surface area contributed by atoms with Gasteiger partial charge in [-0.1, -0.05) is 49.2 Å². The van der Waals surface area contributed by atoms with E-state index in [1.807, 2.05) is 60.5 Å². The minimum Gasteiger partial charge on any atom is -0.494 e. The topological polar surface area (TPSA) is 74.2 Å². The van der Waals surface area contributed by atoms with E-state index in [1.165, 1.54) is 0 Å². The summed E-state index contributed by atoms with van der Waals surface area (Å²) in [5, 5.41) is 2.78. The number of carbonyl (C=O) groups is 2. The molecule has 2 aromatic carbocycles. The highest BCUT2D eigenvalue weighted by Gasteiger charge is 2.29. The van der Waals surface area contributed by atoms with Crippen molar-refractivity contribution >= 4 is 23.5 Å². The number of nitrogens with one attached hydrogen (secondary N) is 1. The van der Waals surface area contributed by atoms with Gasteiger partial charge >= 0.3 is 0 Å². The molecule has 32 heavy (non-hydrogen) atoms. The molecule has 0 atom stereocenters. The third kappa shape index (κ3) is 5.66. The van der Waals surface area contributed by atoms with Gasteiger partial charge in [-0.2, -0.15) is 0 Å². The van der Waals surface area contributed by atoms with Gasteiger partial charge in [-0.05, 0) is 30.0 Å². The van der Waals surface area contributed by atoms with E-state index in [4.69, 9.17) is 4.74 Å². The number of fused-ring (bicyclic) bond motifs is 2. The summed E-state index contributed by atoms with van der Waals surface area (Å²) in [7, 11) is 1.87. The number of ether oxygens (including phenoxy) is 1. The number of nitrogens with zero attached hydrogens (tertiary/aromatic N) is 3. The Balaban J connectivity index is 1.12. The Labute approximate surface area is 189 Å². The van der Waals surface area contributed by atoms with E-state index in [-0.39, 0.29) is 11.8 Å². The van der Waals surface area contributed by atoms with Crippen LogP contribution in [-0.4, -0.2) is 47.8 Å². The highest BCUT2D eigenvalue weighted by atomic mass is 16.5. The van der Waals surface area contributed by atoms with E-state index >= 15 is 0 Å². The van der Waals surface area contributed by atoms with E-state index in [9.17, 15) is 9.59 Å². The van der Waals surface area contributed by atoms with Crippen LogP contribution in [0.3, 0.4) is 0 Å². The van der Waals surface area contributed by atoms with Crippen molar-refractivity contribution in [3.05, 3.63) is 59.7 Å². The fourth-order valence-electron chi connectivity index (χ4n) is 3.97. The predicted molar refractivity (Wildman–Crippen MR) is 124 cm³/mol. The minimum atomic E-state index is -0.0161. The third-order valence-electron chi connectivity index (χ3n) is 5.77. The molecular formula is C25H30N4O3. The van der Waals surface area contributed by atoms with Crippen LogP contribution in [-0.2, 0) is 22.7 Å². The van der Waals surface area contributed by atoms with E-state index in [0.717, 1.165) is 48.2 Å². The number of benzene rings is 2. The molecule has 0 unspecified atom stereocenters. The lowest BCUT2D eigenvalue weighted by Gasteiger charge is -2.23. The highest BCUT2D eigenvalue weighted by Crippen LogP contribution is 2.30. The molecular weight excluding hydrogens is 404 g/mol. The van der Waals surface area contributed by atoms with Gasteiger partial charge in [-0.25, -0.2) is 4.99 Å². The van der Waals surface area contributed by atoms with E-state index in [1.54, 1.807) is 4.90 Å². The Hall–Kier alpha value is -3.35. The van der Waals surface area contributed by atoms with E-state index in [0.29, 0.717) is 38.6 Å². The van der Waals surface area contributed by atoms with Gasteiger partial charge in [0.05, 0.1) is 12.3 Å². The standard InChI is InChI=1S/C25H30N4O3/c1-28(16-19-9-5-4-6-10-19)24(31)11-7-2-3-8-14-32-21-13-12-20-17-29-18-23(30)27-25(29)26-22(20)15-21/h4-6,9-10,12-13,15H,2-3,7-8,11,14,16-18H2,1H3,(H,26,27,30). The second kappa shape index (κ2) is 10.3. The first-order chi connectivity index (χ1) is 15.6. The van der Waals surface area contributed by atoms with Crippen molar-refractivity contribution in [3.8, 4) is 5.75 Å². The molecule has 7 heteroatoms. The fourth-order valence-corrected chi connectivity index (χ4v) is 3.97. The molecule has 4 rings (SSSR count). The Kier molecular flexibility index (Phi) is 7.04. The minimum absolute atomic E-state index is 0.0161. The zero-order valence-corrected chi connectivity index (χ0v) is 18.5. The van der Waals surface area contributed by atoms with Crippen molar-refractivity contribution in [2.45, 2.75) is 45.2 Å². The van der Waals surface area contributed by atoms with Crippen molar-refractivity contribution in [2.75, 3.05) is 20.2 Å². The number of aliphatic imine (C=N–C) groups is 1. The fraction of sp³-hybridized carbons (Fsp3) is 0.400. The summed E-state index contributed by atoms with van der Waals surface area (Å²) < 4.78 is 5.89. The zero-order valence-electron chi connectivity index (χ0n) is 18.5. The average Bonchev–Trinajstić information content (AvgIpc) is 3.15. The summed E-state index contributed by atoms with van der Waals surface area (Å²) in [5.74, 6) is 1.60. The quantitative estimate of drug-likeness (QED) is 0.580. The van der Waals surface area contributed by atoms with Crippen LogP contribution >= 0.6 is 0 Å². The molecule has 2 aromatic rings. The summed E-state index contributed by atoms with van der Waals surface area (Å²) in [6.07, 6.45) is 4.48. The van der Waals surface area contributed by atoms with Crippen LogP contribution in [0.25, 0.3) is 0 Å². The summed E-state index contributed by atoms with van der Waals surface area (Å²) >= 11 is 0. The first kappa shape index (κ1) is 21.9. The second-order valence-corrected chi connectivity index (χ2v) is 8.38. The van der Waals surface area contributed by atoms with E-state index in [2.05, 4.69) is 10.3 Å². The van der Waals surface area contributed by atoms with Gasteiger partial charge in [-0.15, -0.1) is 0 Å². The smallest absolute Gasteiger partial charge is 0.246 e. The number of hydrogen-bond donors (Lipinski definition) is 1. The lowest BCUT2D eigenvalue weighted by Crippen LogP contribution is -2.31. The van der Waals surface area contributed by atoms with Crippen molar-refractivity contribution in [1.82, 2.24) is 15.1 Å². The lowest BCUT2D eigenvalue weighted by atomic mass is 10.1. The second-order valence-electron chi connectivity index (χ2n) is 8.38. The van der Waals surface area contributed by atoms with Crippen molar-refractivity contribution < 1.29 is 14.3 Å². The van der Waals surface area contributed by atoms with Gasteiger partial charge in [0.2, 0.25) is 17.8 Å². The number of carbonyl (C=O) groups excluding carboxylic acids is 2. The number of amides is 2. The van der Waals surface area contributed by atoms with Gasteiger partial charge in [0.15, 0.2) is 0 Å². The van der Waals surface area contributed by atoms with Gasteiger partial charge in [0.25, 0.3) is 0 Å². The molecule has 7 nitrogen and oxygen atoms in total. The van der Waals surface area contributed by atoms with Crippen LogP contribution in [0.5, 0.6) is 5.75 Å². The monoisotopic (exact) mass is 434 g/mol. The molecule has 2 aliphatic rings. The molecule has 0 spiro atoms. The Morgan fingerprint density at radius 2 is 1.91 bits per heavy atom. The zero-order chi connectivity index (χ0) is 22.3. The Bertz CT molecular complexity index is 990. The predicted octanol–water partition coefficient (Wildman–Crippen LogP) is 3.61. The molecule has 2 aliphatic heterocycles. The maximum absolute atomic E-state index is 12.3. The molecule has 0 saturated carbocycles. The molecule has 2 heterocycles. The summed E-state index contributed by atoms with van der Waals surface area (Å²) in [5.41, 5.74) is 3.10. The molecule has 1 N–H and O–H groups in total. The van der Waals surface area contributed by atoms with Crippen LogP contribution in [0.15, 0.2) is 53.5 Å². The molecule has 2 amide bonds. The van der Waals surface area contributed by atoms with Crippen LogP contribution < -0.4 is 10.1 Å². The lowest BCUT2D eigenvalue weighted by molar-refractivity contribution is -0.130. The average molecular weight is 435 g/mol. The molecule has 0 aliphatic carbocycles. The number of hydrogen-bond acceptors (Lipinski definition) is 5. The normalized spacial score (nSPS) is 14.3. The number of rotatable bonds is 10. The van der Waals surface area contributed by atoms with Crippen molar-refractivity contribution in [2.24, 2.45) is 4.99 Å². The van der Waals surface area contributed by atoms with Crippen LogP contribution in [0.4, 0.5) is 5.69 Å². The molecule has 0 bridgehead atoms. The Morgan fingerprint density at radius 1 is 1.09 bits per heavy atom. The summed E-state index contributed by atoms with van der Waals surface area (Å²) in [6.45, 7) is 2.35. The highest BCUT2D eigenvalue weighted by molar-refractivity contribution is 6.05. The van der Waals surface area contributed by atoms with Gasteiger partial charge < -0.3 is 14.5 Å².